The van der Waals surface area contributed by atoms with Crippen LogP contribution in [-0.2, 0) is 9.47 Å². The van der Waals surface area contributed by atoms with E-state index in [4.69, 9.17) is 19.5 Å². The molecule has 0 atom stereocenters. The lowest BCUT2D eigenvalue weighted by Crippen LogP contribution is -2.45. The van der Waals surface area contributed by atoms with Crippen LogP contribution in [0, 0.1) is 11.3 Å². The van der Waals surface area contributed by atoms with Crippen LogP contribution in [0.5, 0.6) is 5.75 Å². The van der Waals surface area contributed by atoms with E-state index < -0.39 is 0 Å². The second-order valence-electron chi connectivity index (χ2n) is 5.09. The monoisotopic (exact) mass is 274 g/mol. The van der Waals surface area contributed by atoms with E-state index in [1.54, 1.807) is 13.2 Å². The summed E-state index contributed by atoms with van der Waals surface area (Å²) in [6.07, 6.45) is 1.74. The molecule has 2 aliphatic heterocycles. The number of piperidine rings is 1. The van der Waals surface area contributed by atoms with Crippen molar-refractivity contribution < 1.29 is 14.2 Å². The summed E-state index contributed by atoms with van der Waals surface area (Å²) in [7, 11) is 1.59. The predicted octanol–water partition coefficient (Wildman–Crippen LogP) is 1.91. The molecular weight excluding hydrogens is 256 g/mol. The van der Waals surface area contributed by atoms with Gasteiger partial charge in [0.1, 0.15) is 11.8 Å². The summed E-state index contributed by atoms with van der Waals surface area (Å²) < 4.78 is 16.7. The van der Waals surface area contributed by atoms with Crippen molar-refractivity contribution >= 4 is 5.69 Å². The van der Waals surface area contributed by atoms with Crippen molar-refractivity contribution in [1.29, 1.82) is 5.26 Å². The molecule has 0 radical (unpaired) electrons. The Morgan fingerprint density at radius 1 is 1.25 bits per heavy atom. The highest BCUT2D eigenvalue weighted by Gasteiger charge is 2.39. The maximum atomic E-state index is 9.01. The third-order valence-electron chi connectivity index (χ3n) is 4.01. The molecule has 0 bridgehead atoms. The van der Waals surface area contributed by atoms with E-state index in [9.17, 15) is 0 Å². The van der Waals surface area contributed by atoms with E-state index in [0.717, 1.165) is 31.6 Å². The van der Waals surface area contributed by atoms with Crippen molar-refractivity contribution in [3.8, 4) is 11.8 Å². The smallest absolute Gasteiger partial charge is 0.171 e. The summed E-state index contributed by atoms with van der Waals surface area (Å²) >= 11 is 0. The first-order valence-corrected chi connectivity index (χ1v) is 6.87. The molecule has 2 saturated heterocycles. The lowest BCUT2D eigenvalue weighted by molar-refractivity contribution is -0.169. The molecule has 0 aliphatic carbocycles. The Balaban J connectivity index is 1.73. The zero-order chi connectivity index (χ0) is 14.0. The van der Waals surface area contributed by atoms with Gasteiger partial charge in [0, 0.05) is 37.7 Å². The molecule has 2 heterocycles. The lowest BCUT2D eigenvalue weighted by atomic mass is 10.0. The molecule has 0 saturated carbocycles. The highest BCUT2D eigenvalue weighted by molar-refractivity contribution is 5.57. The van der Waals surface area contributed by atoms with Gasteiger partial charge in [-0.3, -0.25) is 0 Å². The summed E-state index contributed by atoms with van der Waals surface area (Å²) in [5.41, 5.74) is 1.64. The quantitative estimate of drug-likeness (QED) is 0.824. The Hall–Kier alpha value is -1.77. The van der Waals surface area contributed by atoms with E-state index >= 15 is 0 Å². The second kappa shape index (κ2) is 5.31. The van der Waals surface area contributed by atoms with Crippen molar-refractivity contribution in [2.24, 2.45) is 0 Å². The van der Waals surface area contributed by atoms with Crippen LogP contribution in [0.15, 0.2) is 18.2 Å². The van der Waals surface area contributed by atoms with Crippen LogP contribution >= 0.6 is 0 Å². The minimum Gasteiger partial charge on any atom is -0.495 e. The van der Waals surface area contributed by atoms with E-state index in [2.05, 4.69) is 11.0 Å². The topological polar surface area (TPSA) is 54.7 Å². The number of ether oxygens (including phenoxy) is 3. The van der Waals surface area contributed by atoms with Crippen LogP contribution in [0.3, 0.4) is 0 Å². The first-order chi connectivity index (χ1) is 9.76. The number of nitrogens with zero attached hydrogens (tertiary/aromatic N) is 2. The molecule has 3 rings (SSSR count). The maximum absolute atomic E-state index is 9.01. The largest absolute Gasteiger partial charge is 0.495 e. The second-order valence-corrected chi connectivity index (χ2v) is 5.09. The number of nitriles is 1. The van der Waals surface area contributed by atoms with Gasteiger partial charge in [-0.05, 0) is 12.1 Å². The lowest BCUT2D eigenvalue weighted by Gasteiger charge is -2.38. The van der Waals surface area contributed by atoms with Crippen molar-refractivity contribution in [3.63, 3.8) is 0 Å². The van der Waals surface area contributed by atoms with Gasteiger partial charge in [-0.25, -0.2) is 0 Å². The van der Waals surface area contributed by atoms with Gasteiger partial charge >= 0.3 is 0 Å². The average Bonchev–Trinajstić information content (AvgIpc) is 2.95. The Morgan fingerprint density at radius 3 is 2.55 bits per heavy atom. The molecule has 1 aromatic carbocycles. The van der Waals surface area contributed by atoms with Crippen molar-refractivity contribution in [3.05, 3.63) is 23.8 Å². The van der Waals surface area contributed by atoms with E-state index in [1.165, 1.54) is 0 Å². The summed E-state index contributed by atoms with van der Waals surface area (Å²) in [5, 5.41) is 9.01. The fourth-order valence-electron chi connectivity index (χ4n) is 2.86. The number of rotatable bonds is 2. The number of hydrogen-bond donors (Lipinski definition) is 0. The molecular formula is C15H18N2O3. The first-order valence-electron chi connectivity index (χ1n) is 6.87. The van der Waals surface area contributed by atoms with Gasteiger partial charge < -0.3 is 19.1 Å². The molecule has 0 amide bonds. The normalized spacial score (nSPS) is 20.9. The molecule has 106 valence electrons. The molecule has 0 unspecified atom stereocenters. The minimum atomic E-state index is -0.354. The SMILES string of the molecule is COc1cc(N2CCC3(CC2)OCCO3)ccc1C#N. The van der Waals surface area contributed by atoms with Crippen molar-refractivity contribution in [2.75, 3.05) is 38.3 Å². The van der Waals surface area contributed by atoms with Crippen LogP contribution in [0.1, 0.15) is 18.4 Å². The zero-order valence-corrected chi connectivity index (χ0v) is 11.6. The van der Waals surface area contributed by atoms with Crippen molar-refractivity contribution in [2.45, 2.75) is 18.6 Å². The molecule has 0 aromatic heterocycles. The molecule has 2 aliphatic rings. The standard InChI is InChI=1S/C15H18N2O3/c1-18-14-10-13(3-2-12(14)11-16)17-6-4-15(5-7-17)19-8-9-20-15/h2-3,10H,4-9H2,1H3. The number of methoxy groups -OCH3 is 1. The number of benzene rings is 1. The summed E-state index contributed by atoms with van der Waals surface area (Å²) in [5.74, 6) is 0.270. The molecule has 1 spiro atoms. The van der Waals surface area contributed by atoms with Gasteiger partial charge in [-0.2, -0.15) is 5.26 Å². The molecule has 20 heavy (non-hydrogen) atoms. The van der Waals surface area contributed by atoms with Gasteiger partial charge in [0.05, 0.1) is 25.9 Å². The fourth-order valence-corrected chi connectivity index (χ4v) is 2.86. The van der Waals surface area contributed by atoms with Crippen LogP contribution < -0.4 is 9.64 Å². The third kappa shape index (κ3) is 2.33. The summed E-state index contributed by atoms with van der Waals surface area (Å²) in [6, 6.07) is 7.83. The summed E-state index contributed by atoms with van der Waals surface area (Å²) in [4.78, 5) is 2.28. The highest BCUT2D eigenvalue weighted by Crippen LogP contribution is 2.34. The third-order valence-corrected chi connectivity index (χ3v) is 4.01. The van der Waals surface area contributed by atoms with Crippen LogP contribution in [-0.4, -0.2) is 39.2 Å². The van der Waals surface area contributed by atoms with Crippen molar-refractivity contribution in [1.82, 2.24) is 0 Å². The Morgan fingerprint density at radius 2 is 1.95 bits per heavy atom. The first kappa shape index (κ1) is 13.2. The van der Waals surface area contributed by atoms with Gasteiger partial charge in [0.15, 0.2) is 5.79 Å². The van der Waals surface area contributed by atoms with Crippen LogP contribution in [0.25, 0.3) is 0 Å². The van der Waals surface area contributed by atoms with E-state index in [1.807, 2.05) is 12.1 Å². The molecule has 5 heteroatoms. The van der Waals surface area contributed by atoms with Crippen LogP contribution in [0.2, 0.25) is 0 Å². The van der Waals surface area contributed by atoms with E-state index in [0.29, 0.717) is 24.5 Å². The Bertz CT molecular complexity index is 522. The minimum absolute atomic E-state index is 0.354. The average molecular weight is 274 g/mol. The molecule has 2 fully saturated rings. The maximum Gasteiger partial charge on any atom is 0.171 e. The number of hydrogen-bond acceptors (Lipinski definition) is 5. The van der Waals surface area contributed by atoms with Gasteiger partial charge in [0.25, 0.3) is 0 Å². The summed E-state index contributed by atoms with van der Waals surface area (Å²) in [6.45, 7) is 3.17. The van der Waals surface area contributed by atoms with Gasteiger partial charge in [-0.1, -0.05) is 0 Å². The van der Waals surface area contributed by atoms with E-state index in [-0.39, 0.29) is 5.79 Å². The molecule has 5 nitrogen and oxygen atoms in total. The molecule has 0 N–H and O–H groups in total. The highest BCUT2D eigenvalue weighted by atomic mass is 16.7. The van der Waals surface area contributed by atoms with Crippen LogP contribution in [0.4, 0.5) is 5.69 Å². The van der Waals surface area contributed by atoms with Gasteiger partial charge in [-0.15, -0.1) is 0 Å². The molecule has 1 aromatic rings. The number of anilines is 1. The predicted molar refractivity (Wildman–Crippen MR) is 73.8 cm³/mol. The fraction of sp³-hybridized carbons (Fsp3) is 0.533. The van der Waals surface area contributed by atoms with Gasteiger partial charge in [0.2, 0.25) is 0 Å². The zero-order valence-electron chi connectivity index (χ0n) is 11.6. The Kier molecular flexibility index (Phi) is 3.51. The Labute approximate surface area is 118 Å².